The van der Waals surface area contributed by atoms with Gasteiger partial charge in [-0.3, -0.25) is 0 Å². The van der Waals surface area contributed by atoms with E-state index in [0.717, 1.165) is 55.7 Å². The maximum absolute atomic E-state index is 6.43. The minimum atomic E-state index is 0.593. The van der Waals surface area contributed by atoms with Crippen molar-refractivity contribution in [2.75, 3.05) is 4.90 Å². The lowest BCUT2D eigenvalue weighted by molar-refractivity contribution is 0.620. The van der Waals surface area contributed by atoms with E-state index >= 15 is 0 Å². The van der Waals surface area contributed by atoms with Crippen LogP contribution in [0.5, 0.6) is 0 Å². The van der Waals surface area contributed by atoms with Crippen molar-refractivity contribution in [2.45, 2.75) is 0 Å². The largest absolute Gasteiger partial charge is 0.456 e. The summed E-state index contributed by atoms with van der Waals surface area (Å²) in [6.07, 6.45) is 0. The van der Waals surface area contributed by atoms with E-state index in [1.807, 2.05) is 48.5 Å². The third-order valence-corrected chi connectivity index (χ3v) is 7.27. The summed E-state index contributed by atoms with van der Waals surface area (Å²) in [6, 6.07) is 45.7. The first-order valence-corrected chi connectivity index (χ1v) is 13.0. The van der Waals surface area contributed by atoms with Crippen LogP contribution < -0.4 is 4.90 Å². The van der Waals surface area contributed by atoms with Gasteiger partial charge in [-0.25, -0.2) is 4.98 Å². The van der Waals surface area contributed by atoms with E-state index in [0.29, 0.717) is 5.89 Å². The molecule has 0 unspecified atom stereocenters. The minimum Gasteiger partial charge on any atom is -0.456 e. The first kappa shape index (κ1) is 21.7. The lowest BCUT2D eigenvalue weighted by atomic mass is 10.0. The SMILES string of the molecule is c1ccc(N(c2ccc3ccccc3c2)c2ccc3c(c2)oc2cccc(-c4nc5ccccc5o4)c23)cc1. The summed E-state index contributed by atoms with van der Waals surface area (Å²) in [6.45, 7) is 0. The molecule has 0 N–H and O–H groups in total. The summed E-state index contributed by atoms with van der Waals surface area (Å²) in [7, 11) is 0. The summed E-state index contributed by atoms with van der Waals surface area (Å²) < 4.78 is 12.6. The quantitative estimate of drug-likeness (QED) is 0.240. The summed E-state index contributed by atoms with van der Waals surface area (Å²) in [4.78, 5) is 7.02. The first-order chi connectivity index (χ1) is 19.3. The number of hydrogen-bond acceptors (Lipinski definition) is 4. The third-order valence-electron chi connectivity index (χ3n) is 7.27. The van der Waals surface area contributed by atoms with Crippen molar-refractivity contribution in [1.29, 1.82) is 0 Å². The second-order valence-electron chi connectivity index (χ2n) is 9.65. The highest BCUT2D eigenvalue weighted by Crippen LogP contribution is 2.41. The van der Waals surface area contributed by atoms with Crippen LogP contribution in [0.4, 0.5) is 17.1 Å². The molecule has 0 saturated carbocycles. The second kappa shape index (κ2) is 8.61. The van der Waals surface area contributed by atoms with Gasteiger partial charge in [0.1, 0.15) is 16.7 Å². The molecule has 39 heavy (non-hydrogen) atoms. The van der Waals surface area contributed by atoms with Crippen LogP contribution in [-0.2, 0) is 0 Å². The number of rotatable bonds is 4. The molecule has 0 fully saturated rings. The summed E-state index contributed by atoms with van der Waals surface area (Å²) >= 11 is 0. The van der Waals surface area contributed by atoms with E-state index in [1.54, 1.807) is 0 Å². The van der Waals surface area contributed by atoms with Crippen molar-refractivity contribution >= 4 is 60.9 Å². The zero-order valence-corrected chi connectivity index (χ0v) is 20.9. The standard InChI is InChI=1S/C35H22N2O2/c1-2-11-25(12-3-1)37(26-18-17-23-9-4-5-10-24(23)21-26)27-19-20-28-33(22-27)38-32-16-8-13-29(34(28)32)35-36-30-14-6-7-15-31(30)39-35/h1-22H. The Balaban J connectivity index is 1.31. The highest BCUT2D eigenvalue weighted by atomic mass is 16.3. The molecule has 0 radical (unpaired) electrons. The number of benzene rings is 6. The van der Waals surface area contributed by atoms with Crippen LogP contribution >= 0.6 is 0 Å². The molecule has 8 aromatic rings. The second-order valence-corrected chi connectivity index (χ2v) is 9.65. The van der Waals surface area contributed by atoms with Crippen LogP contribution in [0, 0.1) is 0 Å². The molecule has 0 aliphatic heterocycles. The molecule has 0 saturated heterocycles. The topological polar surface area (TPSA) is 42.4 Å². The van der Waals surface area contributed by atoms with Crippen molar-refractivity contribution in [3.05, 3.63) is 133 Å². The average molecular weight is 503 g/mol. The van der Waals surface area contributed by atoms with Gasteiger partial charge in [0.05, 0.1) is 0 Å². The maximum atomic E-state index is 6.43. The van der Waals surface area contributed by atoms with E-state index in [1.165, 1.54) is 10.8 Å². The molecule has 0 aliphatic carbocycles. The van der Waals surface area contributed by atoms with Gasteiger partial charge in [0.2, 0.25) is 5.89 Å². The molecule has 0 aliphatic rings. The Morgan fingerprint density at radius 3 is 2.13 bits per heavy atom. The van der Waals surface area contributed by atoms with Crippen molar-refractivity contribution in [3.63, 3.8) is 0 Å². The third kappa shape index (κ3) is 3.57. The molecule has 4 nitrogen and oxygen atoms in total. The Kier molecular flexibility index (Phi) is 4.79. The summed E-state index contributed by atoms with van der Waals surface area (Å²) in [5.41, 5.74) is 7.34. The van der Waals surface area contributed by atoms with Crippen LogP contribution in [-0.4, -0.2) is 4.98 Å². The molecule has 0 atom stereocenters. The number of nitrogens with zero attached hydrogens (tertiary/aromatic N) is 2. The van der Waals surface area contributed by atoms with E-state index in [2.05, 4.69) is 89.8 Å². The molecule has 4 heteroatoms. The normalized spacial score (nSPS) is 11.6. The van der Waals surface area contributed by atoms with Crippen LogP contribution in [0.15, 0.2) is 142 Å². The molecule has 6 aromatic carbocycles. The van der Waals surface area contributed by atoms with Gasteiger partial charge < -0.3 is 13.7 Å². The predicted molar refractivity (Wildman–Crippen MR) is 159 cm³/mol. The zero-order chi connectivity index (χ0) is 25.8. The van der Waals surface area contributed by atoms with Gasteiger partial charge in [-0.1, -0.05) is 66.7 Å². The zero-order valence-electron chi connectivity index (χ0n) is 20.9. The molecule has 2 heterocycles. The molecule has 184 valence electrons. The number of fused-ring (bicyclic) bond motifs is 5. The smallest absolute Gasteiger partial charge is 0.228 e. The van der Waals surface area contributed by atoms with Crippen molar-refractivity contribution in [2.24, 2.45) is 0 Å². The molecule has 0 spiro atoms. The highest BCUT2D eigenvalue weighted by molar-refractivity contribution is 6.12. The minimum absolute atomic E-state index is 0.593. The fourth-order valence-electron chi connectivity index (χ4n) is 5.46. The molecule has 8 rings (SSSR count). The van der Waals surface area contributed by atoms with Gasteiger partial charge in [-0.15, -0.1) is 0 Å². The Morgan fingerprint density at radius 1 is 0.487 bits per heavy atom. The molecule has 0 amide bonds. The lowest BCUT2D eigenvalue weighted by Gasteiger charge is -2.25. The van der Waals surface area contributed by atoms with Crippen molar-refractivity contribution in [3.8, 4) is 11.5 Å². The highest BCUT2D eigenvalue weighted by Gasteiger charge is 2.19. The van der Waals surface area contributed by atoms with Gasteiger partial charge in [-0.05, 0) is 71.4 Å². The fourth-order valence-corrected chi connectivity index (χ4v) is 5.46. The van der Waals surface area contributed by atoms with Crippen LogP contribution in [0.1, 0.15) is 0 Å². The number of para-hydroxylation sites is 3. The van der Waals surface area contributed by atoms with E-state index < -0.39 is 0 Å². The number of hydrogen-bond donors (Lipinski definition) is 0. The molecule has 2 aromatic heterocycles. The summed E-state index contributed by atoms with van der Waals surface area (Å²) in [5.74, 6) is 0.593. The molecule has 0 bridgehead atoms. The Labute approximate surface area is 224 Å². The van der Waals surface area contributed by atoms with Gasteiger partial charge in [0.15, 0.2) is 5.58 Å². The number of anilines is 3. The monoisotopic (exact) mass is 502 g/mol. The van der Waals surface area contributed by atoms with Gasteiger partial charge >= 0.3 is 0 Å². The van der Waals surface area contributed by atoms with Crippen LogP contribution in [0.25, 0.3) is 55.3 Å². The van der Waals surface area contributed by atoms with Crippen LogP contribution in [0.3, 0.4) is 0 Å². The van der Waals surface area contributed by atoms with E-state index in [-0.39, 0.29) is 0 Å². The Bertz CT molecular complexity index is 2110. The van der Waals surface area contributed by atoms with Crippen molar-refractivity contribution in [1.82, 2.24) is 4.98 Å². The summed E-state index contributed by atoms with van der Waals surface area (Å²) in [5, 5.41) is 4.44. The van der Waals surface area contributed by atoms with Gasteiger partial charge in [0.25, 0.3) is 0 Å². The number of aromatic nitrogens is 1. The number of furan rings is 1. The number of oxazole rings is 1. The lowest BCUT2D eigenvalue weighted by Crippen LogP contribution is -2.09. The van der Waals surface area contributed by atoms with Crippen LogP contribution in [0.2, 0.25) is 0 Å². The van der Waals surface area contributed by atoms with Gasteiger partial charge in [-0.2, -0.15) is 0 Å². The Hall–Kier alpha value is -5.35. The average Bonchev–Trinajstić information content (AvgIpc) is 3.59. The maximum Gasteiger partial charge on any atom is 0.228 e. The van der Waals surface area contributed by atoms with Crippen molar-refractivity contribution < 1.29 is 8.83 Å². The predicted octanol–water partition coefficient (Wildman–Crippen LogP) is 10.0. The van der Waals surface area contributed by atoms with E-state index in [4.69, 9.17) is 13.8 Å². The molecular formula is C35H22N2O2. The van der Waals surface area contributed by atoms with E-state index in [9.17, 15) is 0 Å². The Morgan fingerprint density at radius 2 is 1.23 bits per heavy atom. The fraction of sp³-hybridized carbons (Fsp3) is 0. The molecular weight excluding hydrogens is 480 g/mol. The van der Waals surface area contributed by atoms with Gasteiger partial charge in [0, 0.05) is 39.5 Å². The first-order valence-electron chi connectivity index (χ1n) is 13.0.